The average molecular weight is 213 g/mol. The van der Waals surface area contributed by atoms with Crippen molar-refractivity contribution >= 4 is 0 Å². The Labute approximate surface area is 94.5 Å². The molecule has 1 aliphatic carbocycles. The van der Waals surface area contributed by atoms with Crippen LogP contribution in [0.1, 0.15) is 52.4 Å². The van der Waals surface area contributed by atoms with Gasteiger partial charge in [-0.1, -0.05) is 33.1 Å². The second-order valence-electron chi connectivity index (χ2n) is 5.14. The van der Waals surface area contributed by atoms with Crippen molar-refractivity contribution in [3.63, 3.8) is 0 Å². The third-order valence-corrected chi connectivity index (χ3v) is 3.65. The van der Waals surface area contributed by atoms with Gasteiger partial charge in [-0.15, -0.1) is 0 Å². The molecule has 15 heavy (non-hydrogen) atoms. The lowest BCUT2D eigenvalue weighted by atomic mass is 9.85. The summed E-state index contributed by atoms with van der Waals surface area (Å²) in [4.78, 5) is 0. The van der Waals surface area contributed by atoms with Crippen LogP contribution in [0.25, 0.3) is 0 Å². The van der Waals surface area contributed by atoms with Crippen LogP contribution in [0, 0.1) is 11.8 Å². The molecule has 90 valence electrons. The first-order chi connectivity index (χ1) is 7.27. The standard InChI is InChI=1S/C13H27NO/c1-3-6-11(2)9-14-13-8-5-4-7-12(13)10-15/h11-15H,3-10H2,1-2H3. The van der Waals surface area contributed by atoms with Crippen LogP contribution in [-0.2, 0) is 0 Å². The highest BCUT2D eigenvalue weighted by molar-refractivity contribution is 4.80. The Balaban J connectivity index is 2.22. The number of hydrogen-bond donors (Lipinski definition) is 2. The Morgan fingerprint density at radius 2 is 2.07 bits per heavy atom. The Hall–Kier alpha value is -0.0800. The quantitative estimate of drug-likeness (QED) is 0.711. The van der Waals surface area contributed by atoms with Gasteiger partial charge in [0.2, 0.25) is 0 Å². The zero-order chi connectivity index (χ0) is 11.1. The summed E-state index contributed by atoms with van der Waals surface area (Å²) in [6, 6.07) is 0.572. The lowest BCUT2D eigenvalue weighted by molar-refractivity contribution is 0.150. The minimum absolute atomic E-state index is 0.361. The van der Waals surface area contributed by atoms with Gasteiger partial charge in [0.05, 0.1) is 0 Å². The van der Waals surface area contributed by atoms with E-state index in [0.29, 0.717) is 18.6 Å². The second-order valence-corrected chi connectivity index (χ2v) is 5.14. The number of aliphatic hydroxyl groups is 1. The SMILES string of the molecule is CCCC(C)CNC1CCCCC1CO. The molecule has 3 unspecified atom stereocenters. The van der Waals surface area contributed by atoms with Crippen LogP contribution in [0.4, 0.5) is 0 Å². The van der Waals surface area contributed by atoms with Gasteiger partial charge in [0.25, 0.3) is 0 Å². The summed E-state index contributed by atoms with van der Waals surface area (Å²) in [6.07, 6.45) is 7.67. The number of hydrogen-bond acceptors (Lipinski definition) is 2. The Morgan fingerprint density at radius 3 is 2.73 bits per heavy atom. The van der Waals surface area contributed by atoms with Crippen LogP contribution >= 0.6 is 0 Å². The van der Waals surface area contributed by atoms with Gasteiger partial charge in [0.1, 0.15) is 0 Å². The highest BCUT2D eigenvalue weighted by Crippen LogP contribution is 2.24. The number of nitrogens with one attached hydrogen (secondary N) is 1. The molecule has 2 nitrogen and oxygen atoms in total. The van der Waals surface area contributed by atoms with E-state index in [2.05, 4.69) is 19.2 Å². The first-order valence-electron chi connectivity index (χ1n) is 6.62. The molecule has 2 heteroatoms. The van der Waals surface area contributed by atoms with Crippen molar-refractivity contribution in [2.24, 2.45) is 11.8 Å². The molecular formula is C13H27NO. The van der Waals surface area contributed by atoms with Crippen LogP contribution < -0.4 is 5.32 Å². The van der Waals surface area contributed by atoms with Gasteiger partial charge >= 0.3 is 0 Å². The molecule has 0 bridgehead atoms. The van der Waals surface area contributed by atoms with Crippen LogP contribution in [0.5, 0.6) is 0 Å². The van der Waals surface area contributed by atoms with Crippen molar-refractivity contribution in [2.45, 2.75) is 58.4 Å². The van der Waals surface area contributed by atoms with E-state index in [1.165, 1.54) is 38.5 Å². The van der Waals surface area contributed by atoms with E-state index in [-0.39, 0.29) is 0 Å². The maximum atomic E-state index is 9.29. The summed E-state index contributed by atoms with van der Waals surface area (Å²) < 4.78 is 0. The summed E-state index contributed by atoms with van der Waals surface area (Å²) in [5.41, 5.74) is 0. The molecular weight excluding hydrogens is 186 g/mol. The fourth-order valence-electron chi connectivity index (χ4n) is 2.64. The van der Waals surface area contributed by atoms with Crippen molar-refractivity contribution in [3.8, 4) is 0 Å². The first-order valence-corrected chi connectivity index (χ1v) is 6.62. The van der Waals surface area contributed by atoms with Gasteiger partial charge in [-0.25, -0.2) is 0 Å². The highest BCUT2D eigenvalue weighted by Gasteiger charge is 2.23. The van der Waals surface area contributed by atoms with Crippen LogP contribution in [-0.4, -0.2) is 24.3 Å². The summed E-state index contributed by atoms with van der Waals surface area (Å²) in [7, 11) is 0. The molecule has 0 aliphatic heterocycles. The third-order valence-electron chi connectivity index (χ3n) is 3.65. The highest BCUT2D eigenvalue weighted by atomic mass is 16.3. The fraction of sp³-hybridized carbons (Fsp3) is 1.00. The molecule has 0 saturated heterocycles. The van der Waals surface area contributed by atoms with Gasteiger partial charge < -0.3 is 10.4 Å². The minimum atomic E-state index is 0.361. The van der Waals surface area contributed by atoms with E-state index in [9.17, 15) is 5.11 Å². The molecule has 1 fully saturated rings. The second kappa shape index (κ2) is 7.24. The van der Waals surface area contributed by atoms with Crippen LogP contribution in [0.15, 0.2) is 0 Å². The molecule has 0 aromatic carbocycles. The van der Waals surface area contributed by atoms with E-state index >= 15 is 0 Å². The molecule has 2 N–H and O–H groups in total. The van der Waals surface area contributed by atoms with Crippen molar-refractivity contribution in [2.75, 3.05) is 13.2 Å². The van der Waals surface area contributed by atoms with Crippen molar-refractivity contribution in [1.82, 2.24) is 5.32 Å². The van der Waals surface area contributed by atoms with Gasteiger partial charge in [-0.05, 0) is 37.6 Å². The van der Waals surface area contributed by atoms with Crippen molar-refractivity contribution in [3.05, 3.63) is 0 Å². The maximum Gasteiger partial charge on any atom is 0.0474 e. The summed E-state index contributed by atoms with van der Waals surface area (Å²) in [5.74, 6) is 1.28. The smallest absolute Gasteiger partial charge is 0.0474 e. The Kier molecular flexibility index (Phi) is 6.26. The summed E-state index contributed by atoms with van der Waals surface area (Å²) in [5, 5.41) is 12.9. The molecule has 0 spiro atoms. The number of aliphatic hydroxyl groups excluding tert-OH is 1. The molecule has 0 radical (unpaired) electrons. The Morgan fingerprint density at radius 1 is 1.33 bits per heavy atom. The van der Waals surface area contributed by atoms with Gasteiger partial charge in [-0.3, -0.25) is 0 Å². The monoisotopic (exact) mass is 213 g/mol. The zero-order valence-electron chi connectivity index (χ0n) is 10.3. The molecule has 1 saturated carbocycles. The van der Waals surface area contributed by atoms with E-state index in [1.54, 1.807) is 0 Å². The Bertz CT molecular complexity index is 161. The third kappa shape index (κ3) is 4.52. The van der Waals surface area contributed by atoms with Crippen LogP contribution in [0.3, 0.4) is 0 Å². The molecule has 1 aliphatic rings. The summed E-state index contributed by atoms with van der Waals surface area (Å²) in [6.45, 7) is 6.04. The van der Waals surface area contributed by atoms with Crippen molar-refractivity contribution in [1.29, 1.82) is 0 Å². The van der Waals surface area contributed by atoms with E-state index in [0.717, 1.165) is 12.5 Å². The predicted molar refractivity (Wildman–Crippen MR) is 64.9 cm³/mol. The topological polar surface area (TPSA) is 32.3 Å². The largest absolute Gasteiger partial charge is 0.396 e. The van der Waals surface area contributed by atoms with Gasteiger partial charge in [0.15, 0.2) is 0 Å². The molecule has 3 atom stereocenters. The first kappa shape index (κ1) is 13.0. The fourth-order valence-corrected chi connectivity index (χ4v) is 2.64. The average Bonchev–Trinajstić information content (AvgIpc) is 2.27. The van der Waals surface area contributed by atoms with Crippen LogP contribution in [0.2, 0.25) is 0 Å². The lowest BCUT2D eigenvalue weighted by Crippen LogP contribution is -2.42. The van der Waals surface area contributed by atoms with E-state index < -0.39 is 0 Å². The predicted octanol–water partition coefficient (Wildman–Crippen LogP) is 2.56. The van der Waals surface area contributed by atoms with Crippen molar-refractivity contribution < 1.29 is 5.11 Å². The molecule has 1 rings (SSSR count). The van der Waals surface area contributed by atoms with Gasteiger partial charge in [0, 0.05) is 12.6 Å². The lowest BCUT2D eigenvalue weighted by Gasteiger charge is -2.32. The maximum absolute atomic E-state index is 9.29. The zero-order valence-corrected chi connectivity index (χ0v) is 10.3. The number of rotatable bonds is 6. The van der Waals surface area contributed by atoms with E-state index in [4.69, 9.17) is 0 Å². The van der Waals surface area contributed by atoms with E-state index in [1.807, 2.05) is 0 Å². The van der Waals surface area contributed by atoms with Gasteiger partial charge in [-0.2, -0.15) is 0 Å². The molecule has 0 heterocycles. The molecule has 0 aromatic rings. The normalized spacial score (nSPS) is 29.0. The summed E-state index contributed by atoms with van der Waals surface area (Å²) >= 11 is 0. The minimum Gasteiger partial charge on any atom is -0.396 e. The molecule has 0 aromatic heterocycles. The molecule has 0 amide bonds.